The number of aromatic nitrogens is 2. The van der Waals surface area contributed by atoms with Gasteiger partial charge in [-0.3, -0.25) is 9.48 Å². The Kier molecular flexibility index (Phi) is 8.39. The molecule has 0 aliphatic carbocycles. The van der Waals surface area contributed by atoms with E-state index < -0.39 is 0 Å². The van der Waals surface area contributed by atoms with E-state index in [2.05, 4.69) is 10.4 Å². The summed E-state index contributed by atoms with van der Waals surface area (Å²) in [4.78, 5) is 11.4. The smallest absolute Gasteiger partial charge is 0.225 e. The molecular weight excluding hydrogens is 244 g/mol. The molecule has 0 radical (unpaired) electrons. The van der Waals surface area contributed by atoms with Gasteiger partial charge in [-0.05, 0) is 13.0 Å². The van der Waals surface area contributed by atoms with Crippen LogP contribution in [0.5, 0.6) is 0 Å². The lowest BCUT2D eigenvalue weighted by atomic mass is 10.3. The number of hydrogen-bond acceptors (Lipinski definition) is 4. The Labute approximate surface area is 107 Å². The number of methoxy groups -OCH3 is 1. The molecule has 0 fully saturated rings. The number of nitrogens with zero attached hydrogens (tertiary/aromatic N) is 2. The molecule has 0 aromatic carbocycles. The van der Waals surface area contributed by atoms with Crippen molar-refractivity contribution in [1.82, 2.24) is 9.78 Å². The van der Waals surface area contributed by atoms with Crippen molar-refractivity contribution in [2.45, 2.75) is 19.4 Å². The van der Waals surface area contributed by atoms with Crippen LogP contribution < -0.4 is 11.1 Å². The summed E-state index contributed by atoms with van der Waals surface area (Å²) in [5.74, 6) is 0.514. The maximum Gasteiger partial charge on any atom is 0.225 e. The fourth-order valence-corrected chi connectivity index (χ4v) is 1.21. The van der Waals surface area contributed by atoms with E-state index >= 15 is 0 Å². The van der Waals surface area contributed by atoms with Crippen LogP contribution in [0.1, 0.15) is 12.8 Å². The average Bonchev–Trinajstić information content (AvgIpc) is 2.71. The lowest BCUT2D eigenvalue weighted by molar-refractivity contribution is -0.116. The van der Waals surface area contributed by atoms with Gasteiger partial charge in [-0.2, -0.15) is 5.10 Å². The van der Waals surface area contributed by atoms with E-state index in [1.165, 1.54) is 0 Å². The van der Waals surface area contributed by atoms with Crippen LogP contribution in [0.2, 0.25) is 0 Å². The number of hydrogen-bond donors (Lipinski definition) is 2. The number of amides is 1. The van der Waals surface area contributed by atoms with E-state index in [0.717, 1.165) is 0 Å². The van der Waals surface area contributed by atoms with Crippen molar-refractivity contribution >= 4 is 24.1 Å². The normalized spacial score (nSPS) is 9.76. The number of carbonyl (C=O) groups is 1. The minimum absolute atomic E-state index is 0. The zero-order valence-corrected chi connectivity index (χ0v) is 10.7. The van der Waals surface area contributed by atoms with E-state index in [-0.39, 0.29) is 18.3 Å². The van der Waals surface area contributed by atoms with Crippen LogP contribution >= 0.6 is 12.4 Å². The molecule has 0 atom stereocenters. The van der Waals surface area contributed by atoms with Crippen molar-refractivity contribution < 1.29 is 9.53 Å². The molecule has 98 valence electrons. The maximum absolute atomic E-state index is 11.4. The van der Waals surface area contributed by atoms with E-state index in [1.807, 2.05) is 0 Å². The maximum atomic E-state index is 11.4. The molecule has 1 amide bonds. The monoisotopic (exact) mass is 262 g/mol. The van der Waals surface area contributed by atoms with Gasteiger partial charge in [-0.25, -0.2) is 0 Å². The molecule has 3 N–H and O–H groups in total. The number of nitrogens with one attached hydrogen (secondary N) is 1. The Bertz CT molecular complexity index is 330. The highest BCUT2D eigenvalue weighted by atomic mass is 35.5. The van der Waals surface area contributed by atoms with Gasteiger partial charge in [-0.1, -0.05) is 0 Å². The SMILES string of the molecule is COCCn1ccc(NC(=O)CCCN)n1.Cl. The molecular formula is C10H19ClN4O2. The molecule has 7 heteroatoms. The van der Waals surface area contributed by atoms with E-state index in [0.29, 0.717) is 38.4 Å². The van der Waals surface area contributed by atoms with Gasteiger partial charge in [0.1, 0.15) is 0 Å². The quantitative estimate of drug-likeness (QED) is 0.755. The van der Waals surface area contributed by atoms with Gasteiger partial charge >= 0.3 is 0 Å². The third-order valence-corrected chi connectivity index (χ3v) is 2.04. The first kappa shape index (κ1) is 15.9. The molecule has 0 spiro atoms. The number of nitrogens with two attached hydrogens (primary N) is 1. The third-order valence-electron chi connectivity index (χ3n) is 2.04. The van der Waals surface area contributed by atoms with Crippen molar-refractivity contribution in [1.29, 1.82) is 0 Å². The van der Waals surface area contributed by atoms with Gasteiger partial charge in [0, 0.05) is 25.8 Å². The molecule has 1 heterocycles. The summed E-state index contributed by atoms with van der Waals surface area (Å²) >= 11 is 0. The summed E-state index contributed by atoms with van der Waals surface area (Å²) in [6.07, 6.45) is 2.93. The van der Waals surface area contributed by atoms with E-state index in [4.69, 9.17) is 10.5 Å². The Hall–Kier alpha value is -1.11. The molecule has 1 aromatic rings. The average molecular weight is 263 g/mol. The minimum Gasteiger partial charge on any atom is -0.383 e. The molecule has 0 saturated carbocycles. The fourth-order valence-electron chi connectivity index (χ4n) is 1.21. The molecule has 1 rings (SSSR count). The lowest BCUT2D eigenvalue weighted by Gasteiger charge is -2.01. The molecule has 6 nitrogen and oxygen atoms in total. The number of halogens is 1. The molecule has 0 bridgehead atoms. The van der Waals surface area contributed by atoms with Gasteiger partial charge in [-0.15, -0.1) is 12.4 Å². The largest absolute Gasteiger partial charge is 0.383 e. The van der Waals surface area contributed by atoms with Crippen LogP contribution in [0.3, 0.4) is 0 Å². The van der Waals surface area contributed by atoms with Crippen molar-refractivity contribution in [2.75, 3.05) is 25.6 Å². The second-order valence-electron chi connectivity index (χ2n) is 3.40. The Balaban J connectivity index is 0.00000256. The number of ether oxygens (including phenoxy) is 1. The summed E-state index contributed by atoms with van der Waals surface area (Å²) in [5, 5.41) is 6.88. The number of carbonyl (C=O) groups excluding carboxylic acids is 1. The highest BCUT2D eigenvalue weighted by molar-refractivity contribution is 5.89. The highest BCUT2D eigenvalue weighted by Gasteiger charge is 2.04. The molecule has 0 aliphatic rings. The van der Waals surface area contributed by atoms with Crippen LogP contribution in [0.4, 0.5) is 5.82 Å². The summed E-state index contributed by atoms with van der Waals surface area (Å²) in [6, 6.07) is 1.76. The van der Waals surface area contributed by atoms with Crippen LogP contribution in [-0.4, -0.2) is 35.9 Å². The van der Waals surface area contributed by atoms with Crippen molar-refractivity contribution in [3.05, 3.63) is 12.3 Å². The van der Waals surface area contributed by atoms with Crippen LogP contribution in [0, 0.1) is 0 Å². The van der Waals surface area contributed by atoms with Crippen LogP contribution in [0.15, 0.2) is 12.3 Å². The molecule has 0 saturated heterocycles. The lowest BCUT2D eigenvalue weighted by Crippen LogP contribution is -2.14. The van der Waals surface area contributed by atoms with Gasteiger partial charge in [0.2, 0.25) is 5.91 Å². The molecule has 0 aliphatic heterocycles. The molecule has 0 unspecified atom stereocenters. The number of anilines is 1. The Morgan fingerprint density at radius 2 is 2.41 bits per heavy atom. The second-order valence-corrected chi connectivity index (χ2v) is 3.40. The third kappa shape index (κ3) is 6.25. The molecule has 1 aromatic heterocycles. The first-order valence-corrected chi connectivity index (χ1v) is 5.28. The van der Waals surface area contributed by atoms with E-state index in [9.17, 15) is 4.79 Å². The first-order valence-electron chi connectivity index (χ1n) is 5.28. The van der Waals surface area contributed by atoms with Crippen LogP contribution in [-0.2, 0) is 16.1 Å². The zero-order chi connectivity index (χ0) is 11.8. The van der Waals surface area contributed by atoms with Gasteiger partial charge in [0.05, 0.1) is 13.2 Å². The molecule has 17 heavy (non-hydrogen) atoms. The summed E-state index contributed by atoms with van der Waals surface area (Å²) < 4.78 is 6.65. The van der Waals surface area contributed by atoms with Crippen LogP contribution in [0.25, 0.3) is 0 Å². The predicted octanol–water partition coefficient (Wildman–Crippen LogP) is 0.629. The summed E-state index contributed by atoms with van der Waals surface area (Å²) in [7, 11) is 1.64. The second kappa shape index (κ2) is 8.98. The van der Waals surface area contributed by atoms with Crippen molar-refractivity contribution in [2.24, 2.45) is 5.73 Å². The summed E-state index contributed by atoms with van der Waals surface area (Å²) in [6.45, 7) is 1.80. The van der Waals surface area contributed by atoms with Crippen molar-refractivity contribution in [3.63, 3.8) is 0 Å². The summed E-state index contributed by atoms with van der Waals surface area (Å²) in [5.41, 5.74) is 5.32. The zero-order valence-electron chi connectivity index (χ0n) is 9.89. The fraction of sp³-hybridized carbons (Fsp3) is 0.600. The minimum atomic E-state index is -0.0533. The Morgan fingerprint density at radius 3 is 3.06 bits per heavy atom. The topological polar surface area (TPSA) is 82.2 Å². The highest BCUT2D eigenvalue weighted by Crippen LogP contribution is 2.03. The first-order chi connectivity index (χ1) is 7.76. The van der Waals surface area contributed by atoms with Gasteiger partial charge < -0.3 is 15.8 Å². The predicted molar refractivity (Wildman–Crippen MR) is 68.3 cm³/mol. The van der Waals surface area contributed by atoms with Crippen molar-refractivity contribution in [3.8, 4) is 0 Å². The Morgan fingerprint density at radius 1 is 1.65 bits per heavy atom. The van der Waals surface area contributed by atoms with Gasteiger partial charge in [0.25, 0.3) is 0 Å². The number of rotatable bonds is 7. The van der Waals surface area contributed by atoms with Gasteiger partial charge in [0.15, 0.2) is 5.82 Å². The standard InChI is InChI=1S/C10H18N4O2.ClH/c1-16-8-7-14-6-4-9(13-14)12-10(15)3-2-5-11;/h4,6H,2-3,5,7-8,11H2,1H3,(H,12,13,15);1H. The van der Waals surface area contributed by atoms with E-state index in [1.54, 1.807) is 24.1 Å².